The monoisotopic (exact) mass is 334 g/mol. The lowest BCUT2D eigenvalue weighted by Gasteiger charge is -2.11. The Labute approximate surface area is 119 Å². The summed E-state index contributed by atoms with van der Waals surface area (Å²) in [6.07, 6.45) is -9.56. The number of hydrogen-bond acceptors (Lipinski definition) is 4. The van der Waals surface area contributed by atoms with Crippen molar-refractivity contribution < 1.29 is 51.0 Å². The highest BCUT2D eigenvalue weighted by molar-refractivity contribution is 6.59. The van der Waals surface area contributed by atoms with E-state index >= 15 is 0 Å². The molecule has 0 radical (unpaired) electrons. The van der Waals surface area contributed by atoms with E-state index < -0.39 is 31.0 Å². The molecule has 0 aliphatic rings. The number of alkyl halides is 6. The summed E-state index contributed by atoms with van der Waals surface area (Å²) >= 11 is 0. The highest BCUT2D eigenvalue weighted by Gasteiger charge is 2.38. The minimum Gasteiger partial charge on any atom is -0.497 e. The predicted molar refractivity (Wildman–Crippen MR) is 61.5 cm³/mol. The van der Waals surface area contributed by atoms with Gasteiger partial charge in [-0.3, -0.25) is 0 Å². The minimum atomic E-state index is -5.08. The summed E-state index contributed by atoms with van der Waals surface area (Å²) in [5.41, 5.74) is -1.01. The molecule has 0 saturated heterocycles. The lowest BCUT2D eigenvalue weighted by atomic mass is 9.79. The van der Waals surface area contributed by atoms with Crippen LogP contribution in [0, 0.1) is 0 Å². The van der Waals surface area contributed by atoms with Gasteiger partial charge in [0.2, 0.25) is 0 Å². The molecule has 0 aliphatic carbocycles. The molecule has 1 aromatic carbocycles. The molecule has 3 N–H and O–H groups in total. The van der Waals surface area contributed by atoms with Crippen molar-refractivity contribution in [3.8, 4) is 5.75 Å². The zero-order valence-corrected chi connectivity index (χ0v) is 10.7. The number of carboxylic acid groups (broad SMARTS) is 1. The lowest BCUT2D eigenvalue weighted by molar-refractivity contribution is -0.192. The fourth-order valence-corrected chi connectivity index (χ4v) is 1.10. The Balaban J connectivity index is 0.000000534. The number of carbonyl (C=O) groups is 1. The van der Waals surface area contributed by atoms with Crippen LogP contribution in [0.4, 0.5) is 26.3 Å². The first-order valence-electron chi connectivity index (χ1n) is 5.22. The molecule has 0 aromatic heterocycles. The quantitative estimate of drug-likeness (QED) is 0.556. The minimum absolute atomic E-state index is 0.106. The number of benzene rings is 1. The van der Waals surface area contributed by atoms with Crippen molar-refractivity contribution in [3.05, 3.63) is 23.8 Å². The van der Waals surface area contributed by atoms with E-state index in [1.807, 2.05) is 0 Å². The van der Waals surface area contributed by atoms with Crippen LogP contribution in [0.25, 0.3) is 0 Å². The molecule has 0 atom stereocenters. The van der Waals surface area contributed by atoms with Crippen LogP contribution in [-0.2, 0) is 11.0 Å². The Morgan fingerprint density at radius 1 is 1.14 bits per heavy atom. The van der Waals surface area contributed by atoms with Gasteiger partial charge in [-0.25, -0.2) is 4.79 Å². The van der Waals surface area contributed by atoms with Crippen LogP contribution in [0.15, 0.2) is 18.2 Å². The van der Waals surface area contributed by atoms with E-state index in [2.05, 4.69) is 4.74 Å². The second-order valence-electron chi connectivity index (χ2n) is 3.63. The Hall–Kier alpha value is -1.95. The highest BCUT2D eigenvalue weighted by atomic mass is 19.4. The smallest absolute Gasteiger partial charge is 0.492 e. The normalized spacial score (nSPS) is 11.3. The molecule has 0 amide bonds. The van der Waals surface area contributed by atoms with Crippen molar-refractivity contribution in [1.29, 1.82) is 0 Å². The van der Waals surface area contributed by atoms with Crippen molar-refractivity contribution >= 4 is 18.6 Å². The van der Waals surface area contributed by atoms with Gasteiger partial charge in [0.25, 0.3) is 0 Å². The van der Waals surface area contributed by atoms with Crippen molar-refractivity contribution in [2.45, 2.75) is 12.4 Å². The van der Waals surface area contributed by atoms with Crippen LogP contribution in [0.3, 0.4) is 0 Å². The maximum absolute atomic E-state index is 12.3. The third kappa shape index (κ3) is 6.22. The van der Waals surface area contributed by atoms with Crippen LogP contribution in [0.1, 0.15) is 5.56 Å². The summed E-state index contributed by atoms with van der Waals surface area (Å²) in [6, 6.07) is 2.44. The Bertz CT molecular complexity index is 514. The number of methoxy groups -OCH3 is 1. The number of aliphatic carboxylic acids is 1. The molecule has 0 bridgehead atoms. The van der Waals surface area contributed by atoms with Crippen LogP contribution in [-0.4, -0.2) is 41.5 Å². The van der Waals surface area contributed by atoms with Crippen LogP contribution in [0.5, 0.6) is 5.75 Å². The maximum atomic E-state index is 12.3. The van der Waals surface area contributed by atoms with E-state index in [0.717, 1.165) is 25.3 Å². The molecule has 0 spiro atoms. The molecule has 5 nitrogen and oxygen atoms in total. The van der Waals surface area contributed by atoms with Gasteiger partial charge in [0, 0.05) is 5.46 Å². The second kappa shape index (κ2) is 7.36. The molecular formula is C10H9BF6O5. The maximum Gasteiger partial charge on any atom is 0.492 e. The third-order valence-electron chi connectivity index (χ3n) is 2.08. The van der Waals surface area contributed by atoms with E-state index in [9.17, 15) is 26.3 Å². The SMILES string of the molecule is COc1cc(C(F)(F)F)ccc1B(O)O.O=C(O)C(F)(F)F. The number of ether oxygens (including phenoxy) is 1. The third-order valence-corrected chi connectivity index (χ3v) is 2.08. The van der Waals surface area contributed by atoms with Gasteiger partial charge in [-0.1, -0.05) is 12.1 Å². The average molecular weight is 334 g/mol. The standard InChI is InChI=1S/C8H8BF3O3.C2HF3O2/c1-15-7-4-5(8(10,11)12)2-3-6(7)9(13)14;3-2(4,5)1(6)7/h2-4,13-14H,1H3;(H,6,7). The summed E-state index contributed by atoms with van der Waals surface area (Å²) in [5.74, 6) is -2.97. The number of hydrogen-bond donors (Lipinski definition) is 3. The summed E-state index contributed by atoms with van der Waals surface area (Å²) in [6.45, 7) is 0. The van der Waals surface area contributed by atoms with Gasteiger partial charge >= 0.3 is 25.4 Å². The fraction of sp³-hybridized carbons (Fsp3) is 0.300. The van der Waals surface area contributed by atoms with Crippen LogP contribution in [0.2, 0.25) is 0 Å². The summed E-state index contributed by atoms with van der Waals surface area (Å²) < 4.78 is 73.1. The Kier molecular flexibility index (Phi) is 6.71. The van der Waals surface area contributed by atoms with E-state index in [-0.39, 0.29) is 11.2 Å². The van der Waals surface area contributed by atoms with Crippen LogP contribution < -0.4 is 10.2 Å². The summed E-state index contributed by atoms with van der Waals surface area (Å²) in [5, 5.41) is 24.8. The summed E-state index contributed by atoms with van der Waals surface area (Å²) in [7, 11) is -0.705. The van der Waals surface area contributed by atoms with Crippen molar-refractivity contribution in [2.75, 3.05) is 7.11 Å². The van der Waals surface area contributed by atoms with Gasteiger partial charge in [-0.2, -0.15) is 26.3 Å². The molecule has 12 heteroatoms. The van der Waals surface area contributed by atoms with Gasteiger partial charge in [-0.05, 0) is 6.07 Å². The molecule has 0 aliphatic heterocycles. The summed E-state index contributed by atoms with van der Waals surface area (Å²) in [4.78, 5) is 8.90. The molecule has 1 rings (SSSR count). The van der Waals surface area contributed by atoms with Crippen molar-refractivity contribution in [3.63, 3.8) is 0 Å². The Morgan fingerprint density at radius 2 is 1.59 bits per heavy atom. The van der Waals surface area contributed by atoms with Crippen LogP contribution >= 0.6 is 0 Å². The first-order chi connectivity index (χ1) is 9.80. The first kappa shape index (κ1) is 20.1. The lowest BCUT2D eigenvalue weighted by Crippen LogP contribution is -2.31. The Morgan fingerprint density at radius 3 is 1.86 bits per heavy atom. The number of halogens is 6. The zero-order valence-electron chi connectivity index (χ0n) is 10.7. The average Bonchev–Trinajstić information content (AvgIpc) is 2.36. The van der Waals surface area contributed by atoms with E-state index in [1.165, 1.54) is 0 Å². The number of rotatable bonds is 2. The molecule has 1 aromatic rings. The van der Waals surface area contributed by atoms with Gasteiger partial charge in [-0.15, -0.1) is 0 Å². The van der Waals surface area contributed by atoms with E-state index in [4.69, 9.17) is 19.9 Å². The zero-order chi connectivity index (χ0) is 17.7. The molecule has 0 saturated carbocycles. The highest BCUT2D eigenvalue weighted by Crippen LogP contribution is 2.30. The van der Waals surface area contributed by atoms with Gasteiger partial charge < -0.3 is 19.9 Å². The van der Waals surface area contributed by atoms with Crippen molar-refractivity contribution in [2.24, 2.45) is 0 Å². The van der Waals surface area contributed by atoms with Gasteiger partial charge in [0.05, 0.1) is 12.7 Å². The molecule has 0 unspecified atom stereocenters. The molecular weight excluding hydrogens is 325 g/mol. The van der Waals surface area contributed by atoms with E-state index in [1.54, 1.807) is 0 Å². The molecule has 22 heavy (non-hydrogen) atoms. The largest absolute Gasteiger partial charge is 0.497 e. The van der Waals surface area contributed by atoms with Gasteiger partial charge in [0.1, 0.15) is 5.75 Å². The second-order valence-corrected chi connectivity index (χ2v) is 3.63. The molecule has 0 heterocycles. The predicted octanol–water partition coefficient (Wildman–Crippen LogP) is 1.03. The fourth-order valence-electron chi connectivity index (χ4n) is 1.10. The number of carboxylic acids is 1. The van der Waals surface area contributed by atoms with Gasteiger partial charge in [0.15, 0.2) is 0 Å². The molecule has 124 valence electrons. The van der Waals surface area contributed by atoms with Crippen molar-refractivity contribution in [1.82, 2.24) is 0 Å². The molecule has 0 fully saturated rings. The first-order valence-corrected chi connectivity index (χ1v) is 5.22. The topological polar surface area (TPSA) is 87.0 Å². The van der Waals surface area contributed by atoms with E-state index in [0.29, 0.717) is 0 Å².